The lowest BCUT2D eigenvalue weighted by molar-refractivity contribution is -0.486. The Labute approximate surface area is 129 Å². The van der Waals surface area contributed by atoms with Gasteiger partial charge in [0.05, 0.1) is 5.92 Å². The summed E-state index contributed by atoms with van der Waals surface area (Å²) >= 11 is 0. The molecule has 1 aromatic rings. The van der Waals surface area contributed by atoms with Gasteiger partial charge < -0.3 is 9.47 Å². The third-order valence-electron chi connectivity index (χ3n) is 3.88. The van der Waals surface area contributed by atoms with Crippen LogP contribution in [0.3, 0.4) is 0 Å². The zero-order chi connectivity index (χ0) is 16.5. The first-order chi connectivity index (χ1) is 10.1. The molecule has 1 fully saturated rings. The van der Waals surface area contributed by atoms with Crippen LogP contribution in [0, 0.1) is 15.5 Å². The summed E-state index contributed by atoms with van der Waals surface area (Å²) in [4.78, 5) is 23.0. The predicted molar refractivity (Wildman–Crippen MR) is 79.9 cm³/mol. The first-order valence-corrected chi connectivity index (χ1v) is 7.20. The van der Waals surface area contributed by atoms with Gasteiger partial charge >= 0.3 is 5.97 Å². The highest BCUT2D eigenvalue weighted by atomic mass is 16.8. The van der Waals surface area contributed by atoms with Crippen molar-refractivity contribution in [3.63, 3.8) is 0 Å². The summed E-state index contributed by atoms with van der Waals surface area (Å²) in [7, 11) is 0. The van der Waals surface area contributed by atoms with Crippen molar-refractivity contribution in [1.29, 1.82) is 0 Å². The molecule has 1 aromatic carbocycles. The van der Waals surface area contributed by atoms with Crippen molar-refractivity contribution in [1.82, 2.24) is 0 Å². The van der Waals surface area contributed by atoms with E-state index in [2.05, 4.69) is 0 Å². The van der Waals surface area contributed by atoms with Gasteiger partial charge in [-0.25, -0.2) is 4.79 Å². The molecule has 6 heteroatoms. The molecule has 1 aliphatic heterocycles. The molecular weight excluding hydrogens is 286 g/mol. The van der Waals surface area contributed by atoms with Gasteiger partial charge in [0.2, 0.25) is 12.8 Å². The standard InChI is InChI=1S/C16H21NO5/c1-15(2,3)14-21-13(18)16(4,22-14)12(10-17(19)20)11-8-6-5-7-9-11/h5-9,12,14H,10H2,1-4H3. The molecule has 6 nitrogen and oxygen atoms in total. The zero-order valence-electron chi connectivity index (χ0n) is 13.2. The summed E-state index contributed by atoms with van der Waals surface area (Å²) in [6.45, 7) is 6.85. The number of rotatable bonds is 4. The smallest absolute Gasteiger partial charge is 0.341 e. The van der Waals surface area contributed by atoms with E-state index in [0.29, 0.717) is 5.56 Å². The number of ether oxygens (including phenoxy) is 2. The molecule has 1 saturated heterocycles. The van der Waals surface area contributed by atoms with E-state index >= 15 is 0 Å². The van der Waals surface area contributed by atoms with Gasteiger partial charge in [-0.1, -0.05) is 51.1 Å². The van der Waals surface area contributed by atoms with Crippen molar-refractivity contribution in [3.05, 3.63) is 46.0 Å². The van der Waals surface area contributed by atoms with Crippen molar-refractivity contribution >= 4 is 5.97 Å². The maximum Gasteiger partial charge on any atom is 0.341 e. The number of benzene rings is 1. The van der Waals surface area contributed by atoms with E-state index in [1.807, 2.05) is 26.8 Å². The van der Waals surface area contributed by atoms with E-state index in [0.717, 1.165) is 0 Å². The van der Waals surface area contributed by atoms with E-state index in [1.165, 1.54) is 0 Å². The lowest BCUT2D eigenvalue weighted by Crippen LogP contribution is -2.43. The number of nitro groups is 1. The Kier molecular flexibility index (Phi) is 4.24. The second kappa shape index (κ2) is 5.68. The van der Waals surface area contributed by atoms with Crippen molar-refractivity contribution in [2.75, 3.05) is 6.54 Å². The molecule has 0 spiro atoms. The van der Waals surface area contributed by atoms with Crippen molar-refractivity contribution in [3.8, 4) is 0 Å². The van der Waals surface area contributed by atoms with E-state index in [1.54, 1.807) is 31.2 Å². The molecule has 0 bridgehead atoms. The Morgan fingerprint density at radius 3 is 2.36 bits per heavy atom. The average Bonchev–Trinajstić information content (AvgIpc) is 2.74. The maximum absolute atomic E-state index is 12.4. The molecule has 1 heterocycles. The van der Waals surface area contributed by atoms with E-state index in [-0.39, 0.29) is 0 Å². The fourth-order valence-electron chi connectivity index (χ4n) is 2.52. The minimum Gasteiger partial charge on any atom is -0.433 e. The normalized spacial score (nSPS) is 26.5. The number of hydrogen-bond acceptors (Lipinski definition) is 5. The van der Waals surface area contributed by atoms with Gasteiger partial charge in [0.15, 0.2) is 5.60 Å². The molecule has 3 atom stereocenters. The van der Waals surface area contributed by atoms with Crippen LogP contribution in [0.4, 0.5) is 0 Å². The fraction of sp³-hybridized carbons (Fsp3) is 0.562. The second-order valence-corrected chi connectivity index (χ2v) is 6.81. The minimum atomic E-state index is -1.37. The largest absolute Gasteiger partial charge is 0.433 e. The lowest BCUT2D eigenvalue weighted by atomic mass is 9.83. The highest BCUT2D eigenvalue weighted by Crippen LogP contribution is 2.42. The van der Waals surface area contributed by atoms with Crippen molar-refractivity contribution in [2.45, 2.75) is 45.5 Å². The first kappa shape index (κ1) is 16.4. The number of carbonyl (C=O) groups is 1. The number of hydrogen-bond donors (Lipinski definition) is 0. The number of esters is 1. The number of cyclic esters (lactones) is 1. The third kappa shape index (κ3) is 3.11. The van der Waals surface area contributed by atoms with Crippen LogP contribution in [0.25, 0.3) is 0 Å². The third-order valence-corrected chi connectivity index (χ3v) is 3.88. The van der Waals surface area contributed by atoms with Gasteiger partial charge in [-0.2, -0.15) is 0 Å². The van der Waals surface area contributed by atoms with E-state index < -0.39 is 40.7 Å². The number of nitrogens with zero attached hydrogens (tertiary/aromatic N) is 1. The molecule has 0 N–H and O–H groups in total. The number of carbonyl (C=O) groups excluding carboxylic acids is 1. The van der Waals surface area contributed by atoms with Gasteiger partial charge in [-0.05, 0) is 12.5 Å². The predicted octanol–water partition coefficient (Wildman–Crippen LogP) is 2.75. The van der Waals surface area contributed by atoms with Crippen LogP contribution >= 0.6 is 0 Å². The van der Waals surface area contributed by atoms with Crippen LogP contribution < -0.4 is 0 Å². The van der Waals surface area contributed by atoms with Crippen molar-refractivity contribution in [2.24, 2.45) is 5.41 Å². The fourth-order valence-corrected chi connectivity index (χ4v) is 2.52. The Morgan fingerprint density at radius 2 is 1.91 bits per heavy atom. The van der Waals surface area contributed by atoms with Crippen LogP contribution in [0.2, 0.25) is 0 Å². The minimum absolute atomic E-state index is 0.396. The summed E-state index contributed by atoms with van der Waals surface area (Å²) in [6.07, 6.45) is -0.719. The molecular formula is C16H21NO5. The summed E-state index contributed by atoms with van der Waals surface area (Å²) < 4.78 is 11.2. The zero-order valence-corrected chi connectivity index (χ0v) is 13.2. The molecule has 0 aromatic heterocycles. The Morgan fingerprint density at radius 1 is 1.32 bits per heavy atom. The molecule has 0 saturated carbocycles. The lowest BCUT2D eigenvalue weighted by Gasteiger charge is -2.30. The SMILES string of the molecule is CC(C)(C)C1OC(=O)C(C)(C(C[N+](=O)[O-])c2ccccc2)O1. The Bertz CT molecular complexity index is 566. The quantitative estimate of drug-likeness (QED) is 0.485. The molecule has 120 valence electrons. The summed E-state index contributed by atoms with van der Waals surface area (Å²) in [5.74, 6) is -1.26. The van der Waals surface area contributed by atoms with Crippen LogP contribution in [-0.4, -0.2) is 29.3 Å². The topological polar surface area (TPSA) is 78.7 Å². The van der Waals surface area contributed by atoms with Crippen LogP contribution in [0.5, 0.6) is 0 Å². The molecule has 0 amide bonds. The summed E-state index contributed by atoms with van der Waals surface area (Å²) in [5, 5.41) is 11.1. The maximum atomic E-state index is 12.4. The highest BCUT2D eigenvalue weighted by molar-refractivity contribution is 5.82. The molecule has 3 unspecified atom stereocenters. The second-order valence-electron chi connectivity index (χ2n) is 6.81. The van der Waals surface area contributed by atoms with E-state index in [9.17, 15) is 14.9 Å². The highest BCUT2D eigenvalue weighted by Gasteiger charge is 2.56. The Balaban J connectivity index is 2.38. The molecule has 0 aliphatic carbocycles. The molecule has 22 heavy (non-hydrogen) atoms. The van der Waals surface area contributed by atoms with Crippen LogP contribution in [0.15, 0.2) is 30.3 Å². The Hall–Kier alpha value is -1.95. The van der Waals surface area contributed by atoms with Crippen LogP contribution in [0.1, 0.15) is 39.2 Å². The molecule has 0 radical (unpaired) electrons. The monoisotopic (exact) mass is 307 g/mol. The molecule has 1 aliphatic rings. The van der Waals surface area contributed by atoms with Crippen molar-refractivity contribution < 1.29 is 19.2 Å². The van der Waals surface area contributed by atoms with Gasteiger partial charge in [0.25, 0.3) is 0 Å². The first-order valence-electron chi connectivity index (χ1n) is 7.20. The summed E-state index contributed by atoms with van der Waals surface area (Å²) in [6, 6.07) is 8.92. The van der Waals surface area contributed by atoms with E-state index in [4.69, 9.17) is 9.47 Å². The van der Waals surface area contributed by atoms with Gasteiger partial charge in [-0.3, -0.25) is 10.1 Å². The van der Waals surface area contributed by atoms with Gasteiger partial charge in [-0.15, -0.1) is 0 Å². The average molecular weight is 307 g/mol. The van der Waals surface area contributed by atoms with Gasteiger partial charge in [0.1, 0.15) is 0 Å². The van der Waals surface area contributed by atoms with Gasteiger partial charge in [0, 0.05) is 10.3 Å². The van der Waals surface area contributed by atoms with Crippen LogP contribution in [-0.2, 0) is 14.3 Å². The summed E-state index contributed by atoms with van der Waals surface area (Å²) in [5.41, 5.74) is -1.08. The molecule has 2 rings (SSSR count).